The van der Waals surface area contributed by atoms with Gasteiger partial charge in [-0.15, -0.1) is 0 Å². The Morgan fingerprint density at radius 3 is 2.00 bits per heavy atom. The smallest absolute Gasteiger partial charge is 0.158 e. The molecular formula is C23H23Br2NO3. The van der Waals surface area contributed by atoms with Gasteiger partial charge in [-0.25, -0.2) is 0 Å². The number of benzene rings is 2. The van der Waals surface area contributed by atoms with Gasteiger partial charge in [-0.2, -0.15) is 0 Å². The van der Waals surface area contributed by atoms with Crippen LogP contribution >= 0.6 is 31.9 Å². The van der Waals surface area contributed by atoms with Crippen LogP contribution < -0.4 is 5.32 Å². The average molecular weight is 521 g/mol. The van der Waals surface area contributed by atoms with Gasteiger partial charge in [0, 0.05) is 38.2 Å². The molecule has 1 aliphatic rings. The molecular weight excluding hydrogens is 498 g/mol. The van der Waals surface area contributed by atoms with Crippen LogP contribution in [0.25, 0.3) is 0 Å². The van der Waals surface area contributed by atoms with Gasteiger partial charge in [0.2, 0.25) is 0 Å². The van der Waals surface area contributed by atoms with E-state index in [9.17, 15) is 14.7 Å². The summed E-state index contributed by atoms with van der Waals surface area (Å²) in [5.74, 6) is -1.48. The maximum Gasteiger partial charge on any atom is 0.158 e. The number of rotatable bonds is 5. The van der Waals surface area contributed by atoms with Crippen LogP contribution in [0.5, 0.6) is 0 Å². The molecule has 0 aliphatic heterocycles. The lowest BCUT2D eigenvalue weighted by atomic mass is 9.64. The van der Waals surface area contributed by atoms with E-state index in [0.29, 0.717) is 11.3 Å². The van der Waals surface area contributed by atoms with E-state index in [1.807, 2.05) is 48.5 Å². The number of hydrogen-bond acceptors (Lipinski definition) is 4. The maximum absolute atomic E-state index is 12.8. The van der Waals surface area contributed by atoms with Gasteiger partial charge in [0.15, 0.2) is 5.78 Å². The van der Waals surface area contributed by atoms with Crippen LogP contribution in [-0.2, 0) is 9.59 Å². The van der Waals surface area contributed by atoms with Crippen LogP contribution in [0.3, 0.4) is 0 Å². The third-order valence-electron chi connectivity index (χ3n) is 5.36. The van der Waals surface area contributed by atoms with Crippen LogP contribution in [0.4, 0.5) is 5.69 Å². The molecule has 4 nitrogen and oxygen atoms in total. The van der Waals surface area contributed by atoms with Crippen molar-refractivity contribution in [2.45, 2.75) is 38.7 Å². The monoisotopic (exact) mass is 519 g/mol. The highest BCUT2D eigenvalue weighted by atomic mass is 79.9. The molecule has 0 fully saturated rings. The number of hydrogen-bond donors (Lipinski definition) is 2. The van der Waals surface area contributed by atoms with Crippen LogP contribution in [0.1, 0.15) is 38.7 Å². The van der Waals surface area contributed by atoms with E-state index in [0.717, 1.165) is 20.2 Å². The SMILES string of the molecule is CC(=O)C1=C(Nc2ccc(Br)cc2)CC(C)(O)C(C(C)=O)C1c1ccc(Br)cc1. The fraction of sp³-hybridized carbons (Fsp3) is 0.304. The van der Waals surface area contributed by atoms with Gasteiger partial charge in [0.1, 0.15) is 5.78 Å². The predicted octanol–water partition coefficient (Wildman–Crippen LogP) is 5.61. The minimum Gasteiger partial charge on any atom is -0.389 e. The van der Waals surface area contributed by atoms with E-state index in [1.165, 1.54) is 13.8 Å². The van der Waals surface area contributed by atoms with Gasteiger partial charge >= 0.3 is 0 Å². The second-order valence-corrected chi connectivity index (χ2v) is 9.56. The highest BCUT2D eigenvalue weighted by Gasteiger charge is 2.49. The first-order chi connectivity index (χ1) is 13.6. The zero-order valence-electron chi connectivity index (χ0n) is 16.5. The molecule has 2 N–H and O–H groups in total. The van der Waals surface area contributed by atoms with E-state index in [2.05, 4.69) is 37.2 Å². The largest absolute Gasteiger partial charge is 0.389 e. The third-order valence-corrected chi connectivity index (χ3v) is 6.42. The van der Waals surface area contributed by atoms with Crippen molar-refractivity contribution >= 4 is 49.1 Å². The molecule has 0 amide bonds. The molecule has 0 aromatic heterocycles. The number of halogens is 2. The summed E-state index contributed by atoms with van der Waals surface area (Å²) >= 11 is 6.85. The Labute approximate surface area is 187 Å². The molecule has 3 unspecified atom stereocenters. The lowest BCUT2D eigenvalue weighted by molar-refractivity contribution is -0.131. The van der Waals surface area contributed by atoms with Gasteiger partial charge in [0.25, 0.3) is 0 Å². The number of Topliss-reactive ketones (excluding diaryl/α,β-unsaturated/α-hetero) is 2. The van der Waals surface area contributed by atoms with Crippen molar-refractivity contribution in [1.82, 2.24) is 0 Å². The minimum absolute atomic E-state index is 0.112. The van der Waals surface area contributed by atoms with E-state index in [4.69, 9.17) is 0 Å². The topological polar surface area (TPSA) is 66.4 Å². The molecule has 3 rings (SSSR count). The van der Waals surface area contributed by atoms with Crippen molar-refractivity contribution in [2.75, 3.05) is 5.32 Å². The van der Waals surface area contributed by atoms with Gasteiger partial charge in [-0.3, -0.25) is 9.59 Å². The summed E-state index contributed by atoms with van der Waals surface area (Å²) in [5.41, 5.74) is 1.54. The standard InChI is InChI=1S/C23H23Br2NO3/c1-13(27)20-19(26-18-10-8-17(25)9-11-18)12-23(3,29)22(14(2)28)21(20)15-4-6-16(24)7-5-15/h4-11,21-22,26,29H,12H2,1-3H3. The second-order valence-electron chi connectivity index (χ2n) is 7.73. The summed E-state index contributed by atoms with van der Waals surface area (Å²) in [6.45, 7) is 4.67. The molecule has 6 heteroatoms. The molecule has 0 saturated carbocycles. The number of carbonyl (C=O) groups excluding carboxylic acids is 2. The normalized spacial score (nSPS) is 24.3. The fourth-order valence-electron chi connectivity index (χ4n) is 4.23. The van der Waals surface area contributed by atoms with Crippen molar-refractivity contribution in [3.8, 4) is 0 Å². The Balaban J connectivity index is 2.19. The number of ketones is 2. The first kappa shape index (κ1) is 21.9. The number of nitrogens with one attached hydrogen (secondary N) is 1. The lowest BCUT2D eigenvalue weighted by Gasteiger charge is -2.43. The molecule has 2 aromatic carbocycles. The second kappa shape index (κ2) is 8.54. The quantitative estimate of drug-likeness (QED) is 0.537. The zero-order chi connectivity index (χ0) is 21.3. The molecule has 0 radical (unpaired) electrons. The average Bonchev–Trinajstić information content (AvgIpc) is 2.62. The third kappa shape index (κ3) is 4.71. The van der Waals surface area contributed by atoms with E-state index in [1.54, 1.807) is 6.92 Å². The molecule has 0 spiro atoms. The molecule has 0 heterocycles. The van der Waals surface area contributed by atoms with Crippen molar-refractivity contribution in [3.05, 3.63) is 74.3 Å². The highest BCUT2D eigenvalue weighted by molar-refractivity contribution is 9.10. The van der Waals surface area contributed by atoms with E-state index in [-0.39, 0.29) is 18.0 Å². The van der Waals surface area contributed by atoms with E-state index >= 15 is 0 Å². The summed E-state index contributed by atoms with van der Waals surface area (Å²) in [7, 11) is 0. The Bertz CT molecular complexity index is 963. The molecule has 0 saturated heterocycles. The van der Waals surface area contributed by atoms with Crippen LogP contribution in [-0.4, -0.2) is 22.3 Å². The number of anilines is 1. The molecule has 3 atom stereocenters. The van der Waals surface area contributed by atoms with Crippen LogP contribution in [0.2, 0.25) is 0 Å². The molecule has 29 heavy (non-hydrogen) atoms. The molecule has 2 aromatic rings. The van der Waals surface area contributed by atoms with Crippen LogP contribution in [0.15, 0.2) is 68.7 Å². The maximum atomic E-state index is 12.8. The Morgan fingerprint density at radius 2 is 1.52 bits per heavy atom. The van der Waals surface area contributed by atoms with Crippen molar-refractivity contribution in [1.29, 1.82) is 0 Å². The van der Waals surface area contributed by atoms with Crippen LogP contribution in [0, 0.1) is 5.92 Å². The molecule has 152 valence electrons. The first-order valence-corrected chi connectivity index (χ1v) is 10.9. The summed E-state index contributed by atoms with van der Waals surface area (Å²) in [6, 6.07) is 15.2. The zero-order valence-corrected chi connectivity index (χ0v) is 19.7. The van der Waals surface area contributed by atoms with Crippen molar-refractivity contribution in [3.63, 3.8) is 0 Å². The highest BCUT2D eigenvalue weighted by Crippen LogP contribution is 2.47. The summed E-state index contributed by atoms with van der Waals surface area (Å²) in [4.78, 5) is 25.4. The Morgan fingerprint density at radius 1 is 1.00 bits per heavy atom. The number of allylic oxidation sites excluding steroid dienone is 1. The summed E-state index contributed by atoms with van der Waals surface area (Å²) in [5, 5.41) is 14.6. The van der Waals surface area contributed by atoms with Gasteiger partial charge in [-0.1, -0.05) is 44.0 Å². The van der Waals surface area contributed by atoms with E-state index < -0.39 is 17.4 Å². The van der Waals surface area contributed by atoms with Gasteiger partial charge in [0.05, 0.1) is 11.5 Å². The Kier molecular flexibility index (Phi) is 6.46. The number of aliphatic hydroxyl groups is 1. The number of carbonyl (C=O) groups is 2. The molecule has 0 bridgehead atoms. The van der Waals surface area contributed by atoms with Crippen molar-refractivity contribution < 1.29 is 14.7 Å². The summed E-state index contributed by atoms with van der Waals surface area (Å²) < 4.78 is 1.86. The van der Waals surface area contributed by atoms with Gasteiger partial charge < -0.3 is 10.4 Å². The Hall–Kier alpha value is -1.76. The minimum atomic E-state index is -1.29. The summed E-state index contributed by atoms with van der Waals surface area (Å²) in [6.07, 6.45) is 0.190. The predicted molar refractivity (Wildman–Crippen MR) is 122 cm³/mol. The fourth-order valence-corrected chi connectivity index (χ4v) is 4.76. The lowest BCUT2D eigenvalue weighted by Crippen LogP contribution is -2.48. The van der Waals surface area contributed by atoms with Crippen molar-refractivity contribution in [2.24, 2.45) is 5.92 Å². The first-order valence-electron chi connectivity index (χ1n) is 9.35. The van der Waals surface area contributed by atoms with Gasteiger partial charge in [-0.05, 0) is 62.7 Å². The molecule has 1 aliphatic carbocycles.